The Bertz CT molecular complexity index is 783. The van der Waals surface area contributed by atoms with Gasteiger partial charge in [-0.3, -0.25) is 9.78 Å². The van der Waals surface area contributed by atoms with E-state index in [2.05, 4.69) is 38.9 Å². The predicted octanol–water partition coefficient (Wildman–Crippen LogP) is 3.58. The number of nitrogens with zero attached hydrogens (tertiary/aromatic N) is 2. The fourth-order valence-electron chi connectivity index (χ4n) is 3.75. The summed E-state index contributed by atoms with van der Waals surface area (Å²) < 4.78 is 0. The van der Waals surface area contributed by atoms with Crippen molar-refractivity contribution in [2.45, 2.75) is 44.7 Å². The van der Waals surface area contributed by atoms with Crippen LogP contribution in [0.3, 0.4) is 0 Å². The van der Waals surface area contributed by atoms with Crippen molar-refractivity contribution in [1.82, 2.24) is 15.3 Å². The van der Waals surface area contributed by atoms with Crippen molar-refractivity contribution in [2.24, 2.45) is 0 Å². The first-order valence-corrected chi connectivity index (χ1v) is 9.06. The highest BCUT2D eigenvalue weighted by molar-refractivity contribution is 5.95. The van der Waals surface area contributed by atoms with E-state index in [1.54, 1.807) is 6.20 Å². The van der Waals surface area contributed by atoms with Crippen molar-refractivity contribution < 1.29 is 4.79 Å². The molecule has 1 aliphatic carbocycles. The molecule has 1 aromatic carbocycles. The van der Waals surface area contributed by atoms with Gasteiger partial charge in [0.15, 0.2) is 0 Å². The maximum Gasteiger partial charge on any atom is 0.253 e. The Morgan fingerprint density at radius 2 is 2.00 bits per heavy atom. The van der Waals surface area contributed by atoms with E-state index in [4.69, 9.17) is 0 Å². The standard InChI is InChI=1S/C20H24N4O/c1-24-13-17-9-14(7-8-19(17)23-24)15-10-16(12-21-11-15)20(25)22-18-5-3-2-4-6-18/h7-12,18,23H,2-6,13H2,1H3,(H,22,25). The molecule has 1 aromatic heterocycles. The van der Waals surface area contributed by atoms with Crippen LogP contribution in [0.25, 0.3) is 11.1 Å². The summed E-state index contributed by atoms with van der Waals surface area (Å²) in [5.41, 5.74) is 8.42. The van der Waals surface area contributed by atoms with Gasteiger partial charge in [-0.2, -0.15) is 0 Å². The zero-order chi connectivity index (χ0) is 17.2. The van der Waals surface area contributed by atoms with Crippen LogP contribution < -0.4 is 10.7 Å². The molecule has 0 bridgehead atoms. The number of benzene rings is 1. The summed E-state index contributed by atoms with van der Waals surface area (Å²) >= 11 is 0. The third-order valence-electron chi connectivity index (χ3n) is 5.10. The topological polar surface area (TPSA) is 57.3 Å². The number of hydrogen-bond donors (Lipinski definition) is 2. The van der Waals surface area contributed by atoms with Gasteiger partial charge in [0.2, 0.25) is 0 Å². The lowest BCUT2D eigenvalue weighted by molar-refractivity contribution is 0.0927. The van der Waals surface area contributed by atoms with Crippen LogP contribution in [-0.4, -0.2) is 29.0 Å². The van der Waals surface area contributed by atoms with Crippen molar-refractivity contribution >= 4 is 11.6 Å². The molecule has 4 rings (SSSR count). The quantitative estimate of drug-likeness (QED) is 0.899. The first-order valence-electron chi connectivity index (χ1n) is 9.06. The molecule has 2 aliphatic rings. The van der Waals surface area contributed by atoms with Gasteiger partial charge in [0.05, 0.1) is 11.3 Å². The van der Waals surface area contributed by atoms with Crippen LogP contribution in [-0.2, 0) is 6.54 Å². The number of nitrogens with one attached hydrogen (secondary N) is 2. The van der Waals surface area contributed by atoms with Crippen LogP contribution in [0.4, 0.5) is 5.69 Å². The largest absolute Gasteiger partial charge is 0.349 e. The summed E-state index contributed by atoms with van der Waals surface area (Å²) in [4.78, 5) is 16.9. The number of hydrazine groups is 1. The zero-order valence-electron chi connectivity index (χ0n) is 14.6. The number of aromatic nitrogens is 1. The van der Waals surface area contributed by atoms with Crippen molar-refractivity contribution in [1.29, 1.82) is 0 Å². The molecular formula is C20H24N4O. The Balaban J connectivity index is 1.53. The van der Waals surface area contributed by atoms with Gasteiger partial charge < -0.3 is 10.7 Å². The Morgan fingerprint density at radius 3 is 2.84 bits per heavy atom. The van der Waals surface area contributed by atoms with Gasteiger partial charge in [0, 0.05) is 37.6 Å². The van der Waals surface area contributed by atoms with Crippen LogP contribution in [0.2, 0.25) is 0 Å². The molecule has 5 heteroatoms. The molecule has 0 saturated heterocycles. The molecule has 1 fully saturated rings. The van der Waals surface area contributed by atoms with E-state index in [9.17, 15) is 4.79 Å². The fourth-order valence-corrected chi connectivity index (χ4v) is 3.75. The Kier molecular flexibility index (Phi) is 4.40. The van der Waals surface area contributed by atoms with Crippen LogP contribution in [0.1, 0.15) is 48.0 Å². The molecule has 25 heavy (non-hydrogen) atoms. The number of anilines is 1. The summed E-state index contributed by atoms with van der Waals surface area (Å²) in [5, 5.41) is 5.22. The third-order valence-corrected chi connectivity index (χ3v) is 5.10. The summed E-state index contributed by atoms with van der Waals surface area (Å²) in [6.07, 6.45) is 9.36. The molecule has 0 radical (unpaired) electrons. The van der Waals surface area contributed by atoms with E-state index in [1.807, 2.05) is 19.3 Å². The van der Waals surface area contributed by atoms with Crippen molar-refractivity contribution in [3.8, 4) is 11.1 Å². The molecule has 2 heterocycles. The van der Waals surface area contributed by atoms with Gasteiger partial charge >= 0.3 is 0 Å². The highest BCUT2D eigenvalue weighted by atomic mass is 16.1. The van der Waals surface area contributed by atoms with E-state index in [0.717, 1.165) is 36.2 Å². The van der Waals surface area contributed by atoms with Crippen LogP contribution >= 0.6 is 0 Å². The Hall–Kier alpha value is -2.40. The lowest BCUT2D eigenvalue weighted by Crippen LogP contribution is -2.36. The van der Waals surface area contributed by atoms with Crippen LogP contribution in [0.15, 0.2) is 36.7 Å². The molecule has 2 N–H and O–H groups in total. The molecular weight excluding hydrogens is 312 g/mol. The molecule has 1 saturated carbocycles. The van der Waals surface area contributed by atoms with Gasteiger partial charge in [0.1, 0.15) is 0 Å². The Morgan fingerprint density at radius 1 is 1.16 bits per heavy atom. The maximum absolute atomic E-state index is 12.6. The average molecular weight is 336 g/mol. The normalized spacial score (nSPS) is 17.8. The smallest absolute Gasteiger partial charge is 0.253 e. The van der Waals surface area contributed by atoms with E-state index >= 15 is 0 Å². The number of carbonyl (C=O) groups is 1. The average Bonchev–Trinajstić information content (AvgIpc) is 3.02. The molecule has 1 amide bonds. The van der Waals surface area contributed by atoms with Gasteiger partial charge in [-0.1, -0.05) is 25.3 Å². The second-order valence-corrected chi connectivity index (χ2v) is 7.11. The number of pyridine rings is 1. The molecule has 1 aliphatic heterocycles. The minimum atomic E-state index is -0.0104. The summed E-state index contributed by atoms with van der Waals surface area (Å²) in [6.45, 7) is 0.873. The van der Waals surface area contributed by atoms with Gasteiger partial charge in [-0.15, -0.1) is 0 Å². The molecule has 0 spiro atoms. The lowest BCUT2D eigenvalue weighted by Gasteiger charge is -2.22. The number of rotatable bonds is 3. The van der Waals surface area contributed by atoms with Gasteiger partial charge in [-0.05, 0) is 42.2 Å². The number of amides is 1. The summed E-state index contributed by atoms with van der Waals surface area (Å²) in [7, 11) is 2.03. The number of fused-ring (bicyclic) bond motifs is 1. The van der Waals surface area contributed by atoms with E-state index in [0.29, 0.717) is 11.6 Å². The van der Waals surface area contributed by atoms with Crippen LogP contribution in [0, 0.1) is 0 Å². The molecule has 0 unspecified atom stereocenters. The van der Waals surface area contributed by atoms with E-state index < -0.39 is 0 Å². The molecule has 5 nitrogen and oxygen atoms in total. The number of carbonyl (C=O) groups excluding carboxylic acids is 1. The fraction of sp³-hybridized carbons (Fsp3) is 0.400. The van der Waals surface area contributed by atoms with E-state index in [-0.39, 0.29) is 5.91 Å². The van der Waals surface area contributed by atoms with Gasteiger partial charge in [0.25, 0.3) is 5.91 Å². The zero-order valence-corrected chi connectivity index (χ0v) is 14.6. The molecule has 0 atom stereocenters. The van der Waals surface area contributed by atoms with E-state index in [1.165, 1.54) is 24.8 Å². The summed E-state index contributed by atoms with van der Waals surface area (Å²) in [6, 6.07) is 8.59. The highest BCUT2D eigenvalue weighted by Crippen LogP contribution is 2.29. The van der Waals surface area contributed by atoms with Gasteiger partial charge in [-0.25, -0.2) is 5.01 Å². The third kappa shape index (κ3) is 3.51. The SMILES string of the molecule is CN1Cc2cc(-c3cncc(C(=O)NC4CCCCC4)c3)ccc2N1. The van der Waals surface area contributed by atoms with Crippen LogP contribution in [0.5, 0.6) is 0 Å². The summed E-state index contributed by atoms with van der Waals surface area (Å²) in [5.74, 6) is -0.0104. The minimum Gasteiger partial charge on any atom is -0.349 e. The van der Waals surface area contributed by atoms with Crippen molar-refractivity contribution in [3.63, 3.8) is 0 Å². The second-order valence-electron chi connectivity index (χ2n) is 7.11. The monoisotopic (exact) mass is 336 g/mol. The Labute approximate surface area is 148 Å². The van der Waals surface area contributed by atoms with Crippen molar-refractivity contribution in [2.75, 3.05) is 12.5 Å². The minimum absolute atomic E-state index is 0.0104. The molecule has 2 aromatic rings. The first-order chi connectivity index (χ1) is 12.2. The first kappa shape index (κ1) is 16.1. The second kappa shape index (κ2) is 6.84. The molecule has 130 valence electrons. The number of hydrogen-bond acceptors (Lipinski definition) is 4. The van der Waals surface area contributed by atoms with Crippen molar-refractivity contribution in [3.05, 3.63) is 47.8 Å². The predicted molar refractivity (Wildman–Crippen MR) is 99.1 cm³/mol. The highest BCUT2D eigenvalue weighted by Gasteiger charge is 2.18. The maximum atomic E-state index is 12.6. The lowest BCUT2D eigenvalue weighted by atomic mass is 9.95.